The van der Waals surface area contributed by atoms with Crippen molar-refractivity contribution < 1.29 is 14.6 Å². The zero-order valence-electron chi connectivity index (χ0n) is 14.2. The molecule has 0 radical (unpaired) electrons. The number of ether oxygens (including phenoxy) is 1. The van der Waals surface area contributed by atoms with Crippen molar-refractivity contribution in [1.82, 2.24) is 4.90 Å². The highest BCUT2D eigenvalue weighted by atomic mass is 35.5. The second-order valence-corrected chi connectivity index (χ2v) is 6.87. The molecule has 0 aliphatic rings. The Labute approximate surface area is 157 Å². The summed E-state index contributed by atoms with van der Waals surface area (Å²) in [6.45, 7) is 2.38. The predicted octanol–water partition coefficient (Wildman–Crippen LogP) is 4.52. The van der Waals surface area contributed by atoms with Gasteiger partial charge in [-0.05, 0) is 56.3 Å². The molecule has 1 unspecified atom stereocenters. The van der Waals surface area contributed by atoms with Gasteiger partial charge in [-0.1, -0.05) is 35.3 Å². The van der Waals surface area contributed by atoms with Crippen LogP contribution < -0.4 is 4.74 Å². The van der Waals surface area contributed by atoms with E-state index in [1.54, 1.807) is 18.2 Å². The number of carboxylic acids is 1. The van der Waals surface area contributed by atoms with Gasteiger partial charge in [0.05, 0.1) is 6.54 Å². The Hall–Kier alpha value is -1.75. The fourth-order valence-electron chi connectivity index (χ4n) is 2.40. The van der Waals surface area contributed by atoms with Gasteiger partial charge < -0.3 is 9.84 Å². The van der Waals surface area contributed by atoms with E-state index in [-0.39, 0.29) is 12.6 Å². The number of aliphatic carboxylic acids is 1. The van der Waals surface area contributed by atoms with Crippen LogP contribution in [0.4, 0.5) is 0 Å². The molecule has 0 amide bonds. The molecule has 25 heavy (non-hydrogen) atoms. The van der Waals surface area contributed by atoms with Gasteiger partial charge in [0.2, 0.25) is 0 Å². The lowest BCUT2D eigenvalue weighted by Gasteiger charge is -2.22. The highest BCUT2D eigenvalue weighted by Crippen LogP contribution is 2.23. The number of halogens is 2. The molecule has 0 saturated heterocycles. The van der Waals surface area contributed by atoms with E-state index in [1.807, 2.05) is 43.1 Å². The minimum Gasteiger partial charge on any atom is -0.489 e. The van der Waals surface area contributed by atoms with Crippen molar-refractivity contribution >= 4 is 29.2 Å². The number of carbonyl (C=O) groups is 1. The standard InChI is InChI=1S/C19H21Cl2NO3/c1-13(22(2)11-19(23)24)9-14-3-6-17(7-4-14)25-12-15-10-16(20)5-8-18(15)21/h3-8,10,13H,9,11-12H2,1-2H3,(H,23,24). The van der Waals surface area contributed by atoms with Crippen molar-refractivity contribution in [3.8, 4) is 5.75 Å². The fraction of sp³-hybridized carbons (Fsp3) is 0.316. The van der Waals surface area contributed by atoms with Gasteiger partial charge in [0, 0.05) is 21.7 Å². The molecule has 2 aromatic rings. The third-order valence-electron chi connectivity index (χ3n) is 3.99. The topological polar surface area (TPSA) is 49.8 Å². The molecule has 1 atom stereocenters. The van der Waals surface area contributed by atoms with Crippen molar-refractivity contribution in [1.29, 1.82) is 0 Å². The smallest absolute Gasteiger partial charge is 0.317 e. The fourth-order valence-corrected chi connectivity index (χ4v) is 2.77. The Bertz CT molecular complexity index is 719. The summed E-state index contributed by atoms with van der Waals surface area (Å²) in [6.07, 6.45) is 0.768. The van der Waals surface area contributed by atoms with Crippen LogP contribution in [0.5, 0.6) is 5.75 Å². The van der Waals surface area contributed by atoms with Crippen LogP contribution in [-0.2, 0) is 17.8 Å². The van der Waals surface area contributed by atoms with Crippen molar-refractivity contribution in [2.45, 2.75) is 26.0 Å². The lowest BCUT2D eigenvalue weighted by atomic mass is 10.1. The van der Waals surface area contributed by atoms with Gasteiger partial charge in [-0.3, -0.25) is 9.69 Å². The van der Waals surface area contributed by atoms with Gasteiger partial charge in [0.15, 0.2) is 0 Å². The van der Waals surface area contributed by atoms with Crippen molar-refractivity contribution in [3.05, 3.63) is 63.6 Å². The van der Waals surface area contributed by atoms with Crippen LogP contribution in [0.2, 0.25) is 10.0 Å². The van der Waals surface area contributed by atoms with Crippen LogP contribution in [0.25, 0.3) is 0 Å². The van der Waals surface area contributed by atoms with E-state index in [1.165, 1.54) is 0 Å². The molecule has 0 spiro atoms. The normalized spacial score (nSPS) is 12.2. The van der Waals surface area contributed by atoms with Gasteiger partial charge in [-0.25, -0.2) is 0 Å². The van der Waals surface area contributed by atoms with E-state index >= 15 is 0 Å². The molecule has 134 valence electrons. The largest absolute Gasteiger partial charge is 0.489 e. The summed E-state index contributed by atoms with van der Waals surface area (Å²) in [5, 5.41) is 10.1. The molecule has 0 bridgehead atoms. The molecule has 0 heterocycles. The molecular weight excluding hydrogens is 361 g/mol. The summed E-state index contributed by atoms with van der Waals surface area (Å²) in [7, 11) is 1.81. The highest BCUT2D eigenvalue weighted by molar-refractivity contribution is 6.33. The summed E-state index contributed by atoms with van der Waals surface area (Å²) < 4.78 is 5.76. The number of hydrogen-bond acceptors (Lipinski definition) is 3. The average molecular weight is 382 g/mol. The van der Waals surface area contributed by atoms with Crippen molar-refractivity contribution in [2.75, 3.05) is 13.6 Å². The summed E-state index contributed by atoms with van der Waals surface area (Å²) in [6, 6.07) is 13.2. The third-order valence-corrected chi connectivity index (χ3v) is 4.60. The minimum atomic E-state index is -0.822. The van der Waals surface area contributed by atoms with Crippen molar-refractivity contribution in [2.24, 2.45) is 0 Å². The molecule has 0 fully saturated rings. The number of rotatable bonds is 8. The van der Waals surface area contributed by atoms with Gasteiger partial charge >= 0.3 is 5.97 Å². The van der Waals surface area contributed by atoms with Crippen LogP contribution in [0, 0.1) is 0 Å². The van der Waals surface area contributed by atoms with Crippen LogP contribution in [0.3, 0.4) is 0 Å². The quantitative estimate of drug-likeness (QED) is 0.729. The maximum Gasteiger partial charge on any atom is 0.317 e. The third kappa shape index (κ3) is 6.24. The molecule has 0 aliphatic carbocycles. The van der Waals surface area contributed by atoms with Crippen LogP contribution in [0.1, 0.15) is 18.1 Å². The second kappa shape index (κ2) is 9.09. The molecule has 1 N–H and O–H groups in total. The first-order valence-electron chi connectivity index (χ1n) is 7.93. The number of hydrogen-bond donors (Lipinski definition) is 1. The first-order chi connectivity index (χ1) is 11.8. The minimum absolute atomic E-state index is 0.0305. The SMILES string of the molecule is CC(Cc1ccc(OCc2cc(Cl)ccc2Cl)cc1)N(C)CC(=O)O. The van der Waals surface area contributed by atoms with E-state index in [0.29, 0.717) is 16.7 Å². The zero-order valence-corrected chi connectivity index (χ0v) is 15.7. The lowest BCUT2D eigenvalue weighted by molar-refractivity contribution is -0.138. The zero-order chi connectivity index (χ0) is 18.4. The van der Waals surface area contributed by atoms with Gasteiger partial charge in [0.25, 0.3) is 0 Å². The van der Waals surface area contributed by atoms with Crippen LogP contribution in [-0.4, -0.2) is 35.6 Å². The molecule has 0 aliphatic heterocycles. The van der Waals surface area contributed by atoms with Crippen LogP contribution in [0.15, 0.2) is 42.5 Å². The van der Waals surface area contributed by atoms with Gasteiger partial charge in [-0.2, -0.15) is 0 Å². The van der Waals surface area contributed by atoms with E-state index < -0.39 is 5.97 Å². The number of likely N-dealkylation sites (N-methyl/N-ethyl adjacent to an activating group) is 1. The highest BCUT2D eigenvalue weighted by Gasteiger charge is 2.13. The van der Waals surface area contributed by atoms with Gasteiger partial charge in [-0.15, -0.1) is 0 Å². The Morgan fingerprint density at radius 1 is 1.20 bits per heavy atom. The summed E-state index contributed by atoms with van der Waals surface area (Å²) >= 11 is 12.1. The summed E-state index contributed by atoms with van der Waals surface area (Å²) in [4.78, 5) is 12.6. The molecular formula is C19H21Cl2NO3. The van der Waals surface area contributed by atoms with Crippen molar-refractivity contribution in [3.63, 3.8) is 0 Å². The average Bonchev–Trinajstić information content (AvgIpc) is 2.56. The first kappa shape index (κ1) is 19.6. The van der Waals surface area contributed by atoms with Crippen LogP contribution >= 0.6 is 23.2 Å². The summed E-state index contributed by atoms with van der Waals surface area (Å²) in [5.41, 5.74) is 1.96. The lowest BCUT2D eigenvalue weighted by Crippen LogP contribution is -2.35. The Morgan fingerprint density at radius 3 is 2.52 bits per heavy atom. The van der Waals surface area contributed by atoms with E-state index in [9.17, 15) is 4.79 Å². The molecule has 0 saturated carbocycles. The Balaban J connectivity index is 1.91. The monoisotopic (exact) mass is 381 g/mol. The Kier molecular flexibility index (Phi) is 7.12. The molecule has 6 heteroatoms. The van der Waals surface area contributed by atoms with Gasteiger partial charge in [0.1, 0.15) is 12.4 Å². The second-order valence-electron chi connectivity index (χ2n) is 6.03. The molecule has 2 rings (SSSR count). The van der Waals surface area contributed by atoms with E-state index in [0.717, 1.165) is 23.3 Å². The number of nitrogens with zero attached hydrogens (tertiary/aromatic N) is 1. The molecule has 4 nitrogen and oxygen atoms in total. The predicted molar refractivity (Wildman–Crippen MR) is 101 cm³/mol. The Morgan fingerprint density at radius 2 is 1.88 bits per heavy atom. The number of carboxylic acid groups (broad SMARTS) is 1. The summed E-state index contributed by atoms with van der Waals surface area (Å²) in [5.74, 6) is -0.0795. The maximum absolute atomic E-state index is 10.8. The van der Waals surface area contributed by atoms with E-state index in [2.05, 4.69) is 0 Å². The first-order valence-corrected chi connectivity index (χ1v) is 8.68. The maximum atomic E-state index is 10.8. The number of benzene rings is 2. The molecule has 2 aromatic carbocycles. The molecule has 0 aromatic heterocycles. The van der Waals surface area contributed by atoms with E-state index in [4.69, 9.17) is 33.0 Å².